The van der Waals surface area contributed by atoms with Crippen molar-refractivity contribution < 1.29 is 22.7 Å². The number of carbonyl (C=O) groups excluding carboxylic acids is 1. The van der Waals surface area contributed by atoms with Gasteiger partial charge in [0.15, 0.2) is 0 Å². The molecule has 1 atom stereocenters. The van der Waals surface area contributed by atoms with Crippen molar-refractivity contribution in [2.45, 2.75) is 50.9 Å². The first-order chi connectivity index (χ1) is 16.6. The maximum Gasteiger partial charge on any atom is 0.399 e. The van der Waals surface area contributed by atoms with Crippen LogP contribution in [0.15, 0.2) is 42.7 Å². The molecule has 3 aromatic rings. The number of pyridine rings is 1. The molecule has 184 valence electrons. The van der Waals surface area contributed by atoms with E-state index in [4.69, 9.17) is 15.5 Å². The Morgan fingerprint density at radius 1 is 1.17 bits per heavy atom. The number of halogens is 3. The lowest BCUT2D eigenvalue weighted by atomic mass is 9.87. The highest BCUT2D eigenvalue weighted by Gasteiger charge is 2.49. The fourth-order valence-electron chi connectivity index (χ4n) is 4.64. The van der Waals surface area contributed by atoms with Crippen molar-refractivity contribution in [3.8, 4) is 28.4 Å². The molecule has 1 aromatic carbocycles. The van der Waals surface area contributed by atoms with E-state index in [0.717, 1.165) is 44.5 Å². The topological polar surface area (TPSA) is 86.3 Å². The van der Waals surface area contributed by atoms with Crippen molar-refractivity contribution >= 4 is 11.6 Å². The Kier molecular flexibility index (Phi) is 5.49. The number of nitrogens with zero attached hydrogens (tertiary/aromatic N) is 4. The molecule has 2 aliphatic heterocycles. The molecular formula is C25H26F3N5O2. The molecule has 1 fully saturated rings. The second-order valence-corrected chi connectivity index (χ2v) is 9.48. The number of hydrogen-bond donors (Lipinski definition) is 1. The van der Waals surface area contributed by atoms with E-state index in [2.05, 4.69) is 4.98 Å². The number of primary amides is 1. The number of alkyl halides is 3. The zero-order valence-corrected chi connectivity index (χ0v) is 19.5. The molecule has 10 heteroatoms. The number of hydrogen-bond acceptors (Lipinski definition) is 5. The van der Waals surface area contributed by atoms with Crippen LogP contribution in [-0.4, -0.2) is 45.8 Å². The number of benzene rings is 1. The maximum absolute atomic E-state index is 13.6. The molecule has 0 bridgehead atoms. The molecule has 35 heavy (non-hydrogen) atoms. The van der Waals surface area contributed by atoms with Gasteiger partial charge < -0.3 is 19.9 Å². The van der Waals surface area contributed by atoms with Gasteiger partial charge in [-0.05, 0) is 51.0 Å². The molecule has 2 N–H and O–H groups in total. The van der Waals surface area contributed by atoms with Crippen LogP contribution in [0.2, 0.25) is 0 Å². The van der Waals surface area contributed by atoms with Crippen LogP contribution >= 0.6 is 0 Å². The SMILES string of the molecule is CC(C)(c1cc(-c2cn3c(n2)-c2ccc(N4CCC[C@H]4C(N)=O)cc2OCC3)ccn1)C(F)(F)F. The molecule has 2 aliphatic rings. The van der Waals surface area contributed by atoms with E-state index in [9.17, 15) is 18.0 Å². The van der Waals surface area contributed by atoms with Crippen LogP contribution in [-0.2, 0) is 16.8 Å². The van der Waals surface area contributed by atoms with Gasteiger partial charge in [0, 0.05) is 36.3 Å². The third-order valence-electron chi connectivity index (χ3n) is 6.89. The molecule has 0 unspecified atom stereocenters. The van der Waals surface area contributed by atoms with Gasteiger partial charge in [-0.3, -0.25) is 9.78 Å². The number of amides is 1. The molecule has 1 amide bonds. The third kappa shape index (κ3) is 4.00. The van der Waals surface area contributed by atoms with E-state index in [-0.39, 0.29) is 17.6 Å². The van der Waals surface area contributed by atoms with Crippen LogP contribution in [0.25, 0.3) is 22.6 Å². The first-order valence-corrected chi connectivity index (χ1v) is 11.5. The first kappa shape index (κ1) is 23.2. The Morgan fingerprint density at radius 2 is 1.97 bits per heavy atom. The fourth-order valence-corrected chi connectivity index (χ4v) is 4.64. The number of aromatic nitrogens is 3. The molecule has 2 aromatic heterocycles. The zero-order chi connectivity index (χ0) is 25.0. The zero-order valence-electron chi connectivity index (χ0n) is 19.5. The van der Waals surface area contributed by atoms with Gasteiger partial charge in [0.25, 0.3) is 0 Å². The highest BCUT2D eigenvalue weighted by Crippen LogP contribution is 2.41. The van der Waals surface area contributed by atoms with E-state index in [1.165, 1.54) is 12.3 Å². The lowest BCUT2D eigenvalue weighted by Gasteiger charge is -2.27. The molecule has 4 heterocycles. The van der Waals surface area contributed by atoms with Gasteiger partial charge in [0.1, 0.15) is 29.6 Å². The summed E-state index contributed by atoms with van der Waals surface area (Å²) in [6, 6.07) is 8.50. The molecular weight excluding hydrogens is 459 g/mol. The number of ether oxygens (including phenoxy) is 1. The molecule has 5 rings (SSSR count). The number of rotatable bonds is 4. The Balaban J connectivity index is 1.51. The van der Waals surface area contributed by atoms with Crippen molar-refractivity contribution in [1.29, 1.82) is 0 Å². The molecule has 7 nitrogen and oxygen atoms in total. The third-order valence-corrected chi connectivity index (χ3v) is 6.89. The Bertz CT molecular complexity index is 1280. The van der Waals surface area contributed by atoms with E-state index in [0.29, 0.717) is 36.0 Å². The Labute approximate surface area is 200 Å². The number of fused-ring (bicyclic) bond motifs is 3. The molecule has 0 saturated carbocycles. The summed E-state index contributed by atoms with van der Waals surface area (Å²) in [7, 11) is 0. The lowest BCUT2D eigenvalue weighted by molar-refractivity contribution is -0.181. The summed E-state index contributed by atoms with van der Waals surface area (Å²) in [5.41, 5.74) is 6.19. The summed E-state index contributed by atoms with van der Waals surface area (Å²) in [5, 5.41) is 0. The highest BCUT2D eigenvalue weighted by atomic mass is 19.4. The van der Waals surface area contributed by atoms with E-state index in [1.807, 2.05) is 33.9 Å². The van der Waals surface area contributed by atoms with Gasteiger partial charge in [0.05, 0.1) is 23.5 Å². The minimum atomic E-state index is -4.43. The minimum absolute atomic E-state index is 0.0614. The quantitative estimate of drug-likeness (QED) is 0.596. The summed E-state index contributed by atoms with van der Waals surface area (Å²) < 4.78 is 48.6. The normalized spacial score (nSPS) is 18.0. The average molecular weight is 486 g/mol. The predicted octanol–water partition coefficient (Wildman–Crippen LogP) is 4.30. The van der Waals surface area contributed by atoms with Gasteiger partial charge in [-0.15, -0.1) is 0 Å². The van der Waals surface area contributed by atoms with Crippen molar-refractivity contribution in [3.05, 3.63) is 48.4 Å². The monoisotopic (exact) mass is 485 g/mol. The highest BCUT2D eigenvalue weighted by molar-refractivity contribution is 5.85. The molecule has 0 spiro atoms. The fraction of sp³-hybridized carbons (Fsp3) is 0.400. The van der Waals surface area contributed by atoms with Crippen molar-refractivity contribution in [1.82, 2.24) is 14.5 Å². The summed E-state index contributed by atoms with van der Waals surface area (Å²) in [6.45, 7) is 3.92. The van der Waals surface area contributed by atoms with Gasteiger partial charge in [-0.1, -0.05) is 0 Å². The van der Waals surface area contributed by atoms with Gasteiger partial charge >= 0.3 is 6.18 Å². The van der Waals surface area contributed by atoms with Crippen LogP contribution in [0.4, 0.5) is 18.9 Å². The predicted molar refractivity (Wildman–Crippen MR) is 125 cm³/mol. The van der Waals surface area contributed by atoms with E-state index < -0.39 is 11.6 Å². The number of nitrogens with two attached hydrogens (primary N) is 1. The molecule has 1 saturated heterocycles. The number of anilines is 1. The Hall–Kier alpha value is -3.56. The van der Waals surface area contributed by atoms with Crippen LogP contribution < -0.4 is 15.4 Å². The van der Waals surface area contributed by atoms with E-state index >= 15 is 0 Å². The van der Waals surface area contributed by atoms with Crippen LogP contribution in [0, 0.1) is 0 Å². The van der Waals surface area contributed by atoms with Crippen LogP contribution in [0.3, 0.4) is 0 Å². The number of imidazole rings is 1. The summed E-state index contributed by atoms with van der Waals surface area (Å²) in [4.78, 5) is 22.6. The summed E-state index contributed by atoms with van der Waals surface area (Å²) >= 11 is 0. The summed E-state index contributed by atoms with van der Waals surface area (Å²) in [6.07, 6.45) is 0.390. The van der Waals surface area contributed by atoms with Crippen LogP contribution in [0.5, 0.6) is 5.75 Å². The number of carbonyl (C=O) groups is 1. The maximum atomic E-state index is 13.6. The minimum Gasteiger partial charge on any atom is -0.491 e. The Morgan fingerprint density at radius 3 is 2.71 bits per heavy atom. The van der Waals surface area contributed by atoms with Gasteiger partial charge in [-0.25, -0.2) is 4.98 Å². The standard InChI is InChI=1S/C25H26F3N5O2/c1-24(2,25(26,27)28)21-12-15(7-8-30-21)18-14-32-10-11-35-20-13-16(5-6-17(20)23(32)31-18)33-9-3-4-19(33)22(29)34/h5-8,12-14,19H,3-4,9-11H2,1-2H3,(H2,29,34)/t19-/m0/s1. The van der Waals surface area contributed by atoms with Crippen molar-refractivity contribution in [2.75, 3.05) is 18.1 Å². The first-order valence-electron chi connectivity index (χ1n) is 11.5. The van der Waals surface area contributed by atoms with E-state index in [1.54, 1.807) is 6.07 Å². The lowest BCUT2D eigenvalue weighted by Crippen LogP contribution is -2.40. The van der Waals surface area contributed by atoms with Crippen molar-refractivity contribution in [3.63, 3.8) is 0 Å². The molecule has 0 radical (unpaired) electrons. The average Bonchev–Trinajstić information content (AvgIpc) is 3.43. The van der Waals surface area contributed by atoms with Crippen molar-refractivity contribution in [2.24, 2.45) is 5.73 Å². The van der Waals surface area contributed by atoms with Gasteiger partial charge in [-0.2, -0.15) is 13.2 Å². The van der Waals surface area contributed by atoms with Crippen LogP contribution in [0.1, 0.15) is 32.4 Å². The largest absolute Gasteiger partial charge is 0.491 e. The summed E-state index contributed by atoms with van der Waals surface area (Å²) in [5.74, 6) is 0.964. The second-order valence-electron chi connectivity index (χ2n) is 9.48. The molecule has 0 aliphatic carbocycles. The van der Waals surface area contributed by atoms with Gasteiger partial charge in [0.2, 0.25) is 5.91 Å². The second kappa shape index (κ2) is 8.28. The smallest absolute Gasteiger partial charge is 0.399 e.